The van der Waals surface area contributed by atoms with Crippen LogP contribution in [0.2, 0.25) is 0 Å². The lowest BCUT2D eigenvalue weighted by Gasteiger charge is -2.06. The molecule has 16 heavy (non-hydrogen) atoms. The van der Waals surface area contributed by atoms with Crippen LogP contribution in [0.25, 0.3) is 0 Å². The Morgan fingerprint density at radius 3 is 2.50 bits per heavy atom. The molecule has 1 aromatic heterocycles. The molecule has 90 valence electrons. The number of carbonyl (C=O) groups excluding carboxylic acids is 1. The van der Waals surface area contributed by atoms with Crippen molar-refractivity contribution in [3.63, 3.8) is 0 Å². The minimum Gasteiger partial charge on any atom is -0.461 e. The predicted molar refractivity (Wildman–Crippen MR) is 48.9 cm³/mol. The van der Waals surface area contributed by atoms with Crippen LogP contribution in [0.5, 0.6) is 0 Å². The highest BCUT2D eigenvalue weighted by molar-refractivity contribution is 5.87. The van der Waals surface area contributed by atoms with Gasteiger partial charge in [0.15, 0.2) is 5.69 Å². The van der Waals surface area contributed by atoms with Gasteiger partial charge in [-0.15, -0.1) is 0 Å². The van der Waals surface area contributed by atoms with Crippen molar-refractivity contribution in [2.75, 3.05) is 6.61 Å². The molecule has 0 saturated carbocycles. The average molecular weight is 236 g/mol. The van der Waals surface area contributed by atoms with Crippen molar-refractivity contribution in [3.8, 4) is 0 Å². The third-order valence-electron chi connectivity index (χ3n) is 1.85. The fourth-order valence-electron chi connectivity index (χ4n) is 1.19. The zero-order chi connectivity index (χ0) is 12.3. The summed E-state index contributed by atoms with van der Waals surface area (Å²) in [5.41, 5.74) is -1.27. The SMILES string of the molecule is CCOC(=O)c1cc(C(F)(F)F)n(CC)n1. The van der Waals surface area contributed by atoms with Crippen molar-refractivity contribution in [1.29, 1.82) is 0 Å². The number of rotatable bonds is 3. The van der Waals surface area contributed by atoms with Crippen LogP contribution < -0.4 is 0 Å². The van der Waals surface area contributed by atoms with Crippen molar-refractivity contribution in [1.82, 2.24) is 9.78 Å². The number of aryl methyl sites for hydroxylation is 1. The van der Waals surface area contributed by atoms with Crippen molar-refractivity contribution in [2.24, 2.45) is 0 Å². The van der Waals surface area contributed by atoms with Gasteiger partial charge in [-0.2, -0.15) is 18.3 Å². The largest absolute Gasteiger partial charge is 0.461 e. The summed E-state index contributed by atoms with van der Waals surface area (Å²) < 4.78 is 42.8. The molecule has 4 nitrogen and oxygen atoms in total. The van der Waals surface area contributed by atoms with E-state index in [-0.39, 0.29) is 18.8 Å². The number of nitrogens with zero attached hydrogens (tertiary/aromatic N) is 2. The summed E-state index contributed by atoms with van der Waals surface area (Å²) in [5, 5.41) is 3.54. The summed E-state index contributed by atoms with van der Waals surface area (Å²) in [6.07, 6.45) is -4.52. The highest BCUT2D eigenvalue weighted by Crippen LogP contribution is 2.29. The zero-order valence-corrected chi connectivity index (χ0v) is 8.84. The second kappa shape index (κ2) is 4.54. The first-order chi connectivity index (χ1) is 7.40. The fraction of sp³-hybridized carbons (Fsp3) is 0.556. The van der Waals surface area contributed by atoms with Crippen LogP contribution in [0.3, 0.4) is 0 Å². The van der Waals surface area contributed by atoms with E-state index < -0.39 is 17.8 Å². The number of hydrogen-bond acceptors (Lipinski definition) is 3. The van der Waals surface area contributed by atoms with Crippen LogP contribution in [0.1, 0.15) is 30.0 Å². The van der Waals surface area contributed by atoms with Gasteiger partial charge >= 0.3 is 12.1 Å². The van der Waals surface area contributed by atoms with Gasteiger partial charge in [0, 0.05) is 12.6 Å². The summed E-state index contributed by atoms with van der Waals surface area (Å²) in [5.74, 6) is -0.847. The van der Waals surface area contributed by atoms with Gasteiger partial charge in [-0.3, -0.25) is 4.68 Å². The van der Waals surface area contributed by atoms with Gasteiger partial charge in [-0.1, -0.05) is 0 Å². The van der Waals surface area contributed by atoms with Gasteiger partial charge in [-0.25, -0.2) is 4.79 Å². The number of halogens is 3. The highest BCUT2D eigenvalue weighted by atomic mass is 19.4. The first kappa shape index (κ1) is 12.5. The number of esters is 1. The maximum absolute atomic E-state index is 12.5. The smallest absolute Gasteiger partial charge is 0.433 e. The monoisotopic (exact) mass is 236 g/mol. The Hall–Kier alpha value is -1.53. The minimum absolute atomic E-state index is 0.0360. The standard InChI is InChI=1S/C9H11F3N2O2/c1-3-14-7(9(10,11)12)5-6(13-14)8(15)16-4-2/h5H,3-4H2,1-2H3. The third kappa shape index (κ3) is 2.53. The Labute approximate surface area is 90.0 Å². The lowest BCUT2D eigenvalue weighted by atomic mass is 10.3. The van der Waals surface area contributed by atoms with E-state index in [0.717, 1.165) is 4.68 Å². The summed E-state index contributed by atoms with van der Waals surface area (Å²) in [7, 11) is 0. The zero-order valence-electron chi connectivity index (χ0n) is 8.84. The number of ether oxygens (including phenoxy) is 1. The van der Waals surface area contributed by atoms with Crippen LogP contribution >= 0.6 is 0 Å². The second-order valence-electron chi connectivity index (χ2n) is 2.95. The Morgan fingerprint density at radius 1 is 1.50 bits per heavy atom. The van der Waals surface area contributed by atoms with Crippen LogP contribution in [-0.4, -0.2) is 22.4 Å². The lowest BCUT2D eigenvalue weighted by Crippen LogP contribution is -2.13. The van der Waals surface area contributed by atoms with E-state index in [2.05, 4.69) is 9.84 Å². The molecule has 7 heteroatoms. The molecule has 0 aliphatic heterocycles. The van der Waals surface area contributed by atoms with Crippen molar-refractivity contribution < 1.29 is 22.7 Å². The fourth-order valence-corrected chi connectivity index (χ4v) is 1.19. The quantitative estimate of drug-likeness (QED) is 0.755. The van der Waals surface area contributed by atoms with E-state index in [1.165, 1.54) is 6.92 Å². The maximum atomic E-state index is 12.5. The Bertz CT molecular complexity index is 385. The number of alkyl halides is 3. The summed E-state index contributed by atoms with van der Waals surface area (Å²) in [6.45, 7) is 3.21. The Balaban J connectivity index is 3.08. The van der Waals surface area contributed by atoms with Crippen molar-refractivity contribution in [2.45, 2.75) is 26.6 Å². The number of carbonyl (C=O) groups is 1. The van der Waals surface area contributed by atoms with Gasteiger partial charge < -0.3 is 4.74 Å². The molecule has 0 fully saturated rings. The molecule has 0 atom stereocenters. The molecule has 0 spiro atoms. The first-order valence-corrected chi connectivity index (χ1v) is 4.72. The summed E-state index contributed by atoms with van der Waals surface area (Å²) >= 11 is 0. The molecule has 0 aromatic carbocycles. The molecule has 0 aliphatic rings. The molecule has 1 rings (SSSR count). The van der Waals surface area contributed by atoms with E-state index >= 15 is 0 Å². The Morgan fingerprint density at radius 2 is 2.12 bits per heavy atom. The first-order valence-electron chi connectivity index (χ1n) is 4.72. The molecular weight excluding hydrogens is 225 g/mol. The van der Waals surface area contributed by atoms with Crippen LogP contribution in [-0.2, 0) is 17.5 Å². The molecule has 0 bridgehead atoms. The van der Waals surface area contributed by atoms with E-state index in [9.17, 15) is 18.0 Å². The topological polar surface area (TPSA) is 44.1 Å². The summed E-state index contributed by atoms with van der Waals surface area (Å²) in [4.78, 5) is 11.2. The van der Waals surface area contributed by atoms with E-state index in [0.29, 0.717) is 6.07 Å². The van der Waals surface area contributed by atoms with Crippen molar-refractivity contribution in [3.05, 3.63) is 17.5 Å². The van der Waals surface area contributed by atoms with E-state index in [4.69, 9.17) is 0 Å². The molecule has 0 unspecified atom stereocenters. The minimum atomic E-state index is -4.52. The Kier molecular flexibility index (Phi) is 3.56. The second-order valence-corrected chi connectivity index (χ2v) is 2.95. The van der Waals surface area contributed by atoms with Crippen LogP contribution in [0.4, 0.5) is 13.2 Å². The summed E-state index contributed by atoms with van der Waals surface area (Å²) in [6, 6.07) is 0.696. The average Bonchev–Trinajstić information content (AvgIpc) is 2.61. The molecular formula is C9H11F3N2O2. The van der Waals surface area contributed by atoms with Gasteiger partial charge in [0.25, 0.3) is 0 Å². The van der Waals surface area contributed by atoms with Gasteiger partial charge in [0.2, 0.25) is 0 Å². The predicted octanol–water partition coefficient (Wildman–Crippen LogP) is 2.10. The molecule has 1 heterocycles. The van der Waals surface area contributed by atoms with E-state index in [1.54, 1.807) is 6.92 Å². The van der Waals surface area contributed by atoms with Gasteiger partial charge in [0.05, 0.1) is 6.61 Å². The molecule has 0 saturated heterocycles. The van der Waals surface area contributed by atoms with Gasteiger partial charge in [-0.05, 0) is 13.8 Å². The maximum Gasteiger partial charge on any atom is 0.433 e. The highest BCUT2D eigenvalue weighted by Gasteiger charge is 2.36. The number of hydrogen-bond donors (Lipinski definition) is 0. The van der Waals surface area contributed by atoms with E-state index in [1.807, 2.05) is 0 Å². The normalized spacial score (nSPS) is 11.6. The van der Waals surface area contributed by atoms with Crippen LogP contribution in [0.15, 0.2) is 6.07 Å². The number of aromatic nitrogens is 2. The molecule has 0 aliphatic carbocycles. The molecule has 0 radical (unpaired) electrons. The molecule has 0 N–H and O–H groups in total. The van der Waals surface area contributed by atoms with Crippen LogP contribution in [0, 0.1) is 0 Å². The molecule has 1 aromatic rings. The lowest BCUT2D eigenvalue weighted by molar-refractivity contribution is -0.144. The molecule has 0 amide bonds. The van der Waals surface area contributed by atoms with Crippen molar-refractivity contribution >= 4 is 5.97 Å². The third-order valence-corrected chi connectivity index (χ3v) is 1.85. The van der Waals surface area contributed by atoms with Gasteiger partial charge in [0.1, 0.15) is 5.69 Å².